The highest BCUT2D eigenvalue weighted by atomic mass is 15.4. The fourth-order valence-electron chi connectivity index (χ4n) is 1.09. The molecule has 1 aliphatic rings. The molecule has 1 fully saturated rings. The fourth-order valence-corrected chi connectivity index (χ4v) is 1.09. The van der Waals surface area contributed by atoms with Crippen molar-refractivity contribution < 1.29 is 0 Å². The number of nitrogens with two attached hydrogens (primary N) is 1. The van der Waals surface area contributed by atoms with E-state index in [0.717, 1.165) is 12.1 Å². The molecule has 0 spiro atoms. The predicted octanol–water partition coefficient (Wildman–Crippen LogP) is 0.114. The second-order valence-electron chi connectivity index (χ2n) is 2.96. The molecule has 60 valence electrons. The summed E-state index contributed by atoms with van der Waals surface area (Å²) in [5.74, 6) is 0. The van der Waals surface area contributed by atoms with Crippen molar-refractivity contribution in [3.8, 4) is 0 Å². The van der Waals surface area contributed by atoms with Gasteiger partial charge in [0.1, 0.15) is 0 Å². The van der Waals surface area contributed by atoms with Gasteiger partial charge >= 0.3 is 0 Å². The van der Waals surface area contributed by atoms with Gasteiger partial charge in [-0.15, -0.1) is 5.10 Å². The van der Waals surface area contributed by atoms with E-state index in [9.17, 15) is 0 Å². The van der Waals surface area contributed by atoms with Crippen molar-refractivity contribution in [3.05, 3.63) is 11.9 Å². The quantitative estimate of drug-likeness (QED) is 0.669. The number of nitrogens with zero attached hydrogens (tertiary/aromatic N) is 3. The predicted molar refractivity (Wildman–Crippen MR) is 41.1 cm³/mol. The molecule has 0 atom stereocenters. The van der Waals surface area contributed by atoms with Crippen LogP contribution in [0.25, 0.3) is 0 Å². The van der Waals surface area contributed by atoms with E-state index < -0.39 is 0 Å². The maximum absolute atomic E-state index is 5.38. The van der Waals surface area contributed by atoms with Crippen molar-refractivity contribution in [2.75, 3.05) is 6.54 Å². The molecule has 4 heteroatoms. The lowest BCUT2D eigenvalue weighted by molar-refractivity contribution is 0.610. The minimum Gasteiger partial charge on any atom is -0.330 e. The average Bonchev–Trinajstić information content (AvgIpc) is 2.75. The normalized spacial score (nSPS) is 17.2. The van der Waals surface area contributed by atoms with Crippen molar-refractivity contribution in [3.63, 3.8) is 0 Å². The summed E-state index contributed by atoms with van der Waals surface area (Å²) in [7, 11) is 0. The van der Waals surface area contributed by atoms with Crippen molar-refractivity contribution in [2.24, 2.45) is 5.73 Å². The van der Waals surface area contributed by atoms with Crippen LogP contribution in [0.4, 0.5) is 0 Å². The molecule has 0 aromatic carbocycles. The molecule has 2 N–H and O–H groups in total. The Balaban J connectivity index is 2.06. The van der Waals surface area contributed by atoms with Crippen molar-refractivity contribution in [2.45, 2.75) is 25.3 Å². The Morgan fingerprint density at radius 1 is 1.64 bits per heavy atom. The molecule has 1 aromatic heterocycles. The van der Waals surface area contributed by atoms with Gasteiger partial charge in [-0.2, -0.15) is 0 Å². The summed E-state index contributed by atoms with van der Waals surface area (Å²) < 4.78 is 1.95. The van der Waals surface area contributed by atoms with Gasteiger partial charge in [-0.25, -0.2) is 4.68 Å². The van der Waals surface area contributed by atoms with Crippen LogP contribution in [-0.4, -0.2) is 21.5 Å². The van der Waals surface area contributed by atoms with Crippen molar-refractivity contribution >= 4 is 0 Å². The lowest BCUT2D eigenvalue weighted by atomic mass is 10.3. The Morgan fingerprint density at radius 2 is 2.45 bits per heavy atom. The summed E-state index contributed by atoms with van der Waals surface area (Å²) in [5.41, 5.74) is 6.40. The van der Waals surface area contributed by atoms with E-state index in [1.165, 1.54) is 12.8 Å². The van der Waals surface area contributed by atoms with Crippen LogP contribution in [0.15, 0.2) is 6.20 Å². The van der Waals surface area contributed by atoms with Gasteiger partial charge in [-0.1, -0.05) is 5.21 Å². The zero-order chi connectivity index (χ0) is 7.68. The van der Waals surface area contributed by atoms with Crippen LogP contribution < -0.4 is 5.73 Å². The number of hydrogen-bond acceptors (Lipinski definition) is 3. The van der Waals surface area contributed by atoms with Crippen LogP contribution in [0, 0.1) is 0 Å². The fraction of sp³-hybridized carbons (Fsp3) is 0.714. The highest BCUT2D eigenvalue weighted by Crippen LogP contribution is 2.33. The maximum atomic E-state index is 5.38. The number of aromatic nitrogens is 3. The summed E-state index contributed by atoms with van der Waals surface area (Å²) in [6.07, 6.45) is 5.36. The third-order valence-corrected chi connectivity index (χ3v) is 1.88. The summed E-state index contributed by atoms with van der Waals surface area (Å²) in [4.78, 5) is 0. The van der Waals surface area contributed by atoms with Crippen LogP contribution in [0.2, 0.25) is 0 Å². The third kappa shape index (κ3) is 1.40. The Hall–Kier alpha value is -0.900. The Kier molecular flexibility index (Phi) is 1.62. The second kappa shape index (κ2) is 2.62. The van der Waals surface area contributed by atoms with E-state index in [0.29, 0.717) is 12.6 Å². The zero-order valence-electron chi connectivity index (χ0n) is 6.40. The molecule has 1 aliphatic carbocycles. The molecule has 0 amide bonds. The molecular weight excluding hydrogens is 140 g/mol. The lowest BCUT2D eigenvalue weighted by Crippen LogP contribution is -2.02. The lowest BCUT2D eigenvalue weighted by Gasteiger charge is -1.90. The van der Waals surface area contributed by atoms with Crippen LogP contribution in [0.1, 0.15) is 24.6 Å². The standard InChI is InChI=1S/C7H12N4/c8-4-3-6-5-11(10-9-6)7-1-2-7/h5,7H,1-4,8H2. The van der Waals surface area contributed by atoms with E-state index in [-0.39, 0.29) is 0 Å². The van der Waals surface area contributed by atoms with Crippen molar-refractivity contribution in [1.82, 2.24) is 15.0 Å². The van der Waals surface area contributed by atoms with E-state index >= 15 is 0 Å². The molecule has 0 unspecified atom stereocenters. The first kappa shape index (κ1) is 6.79. The van der Waals surface area contributed by atoms with Gasteiger partial charge in [0.15, 0.2) is 0 Å². The molecule has 0 radical (unpaired) electrons. The van der Waals surface area contributed by atoms with Gasteiger partial charge in [-0.05, 0) is 19.4 Å². The SMILES string of the molecule is NCCc1cn(C2CC2)nn1. The van der Waals surface area contributed by atoms with Crippen LogP contribution in [0.3, 0.4) is 0 Å². The molecule has 0 bridgehead atoms. The number of rotatable bonds is 3. The molecule has 1 heterocycles. The first-order chi connectivity index (χ1) is 5.40. The highest BCUT2D eigenvalue weighted by molar-refractivity contribution is 4.95. The minimum atomic E-state index is 0.633. The first-order valence-corrected chi connectivity index (χ1v) is 4.01. The first-order valence-electron chi connectivity index (χ1n) is 4.01. The van der Waals surface area contributed by atoms with Crippen molar-refractivity contribution in [1.29, 1.82) is 0 Å². The largest absolute Gasteiger partial charge is 0.330 e. The zero-order valence-corrected chi connectivity index (χ0v) is 6.40. The van der Waals surface area contributed by atoms with Gasteiger partial charge in [0, 0.05) is 12.6 Å². The van der Waals surface area contributed by atoms with E-state index in [1.54, 1.807) is 0 Å². The average molecular weight is 152 g/mol. The monoisotopic (exact) mass is 152 g/mol. The van der Waals surface area contributed by atoms with E-state index in [1.807, 2.05) is 10.9 Å². The van der Waals surface area contributed by atoms with Crippen LogP contribution in [-0.2, 0) is 6.42 Å². The maximum Gasteiger partial charge on any atom is 0.0839 e. The second-order valence-corrected chi connectivity index (χ2v) is 2.96. The smallest absolute Gasteiger partial charge is 0.0839 e. The molecule has 0 aliphatic heterocycles. The van der Waals surface area contributed by atoms with E-state index in [4.69, 9.17) is 5.73 Å². The summed E-state index contributed by atoms with van der Waals surface area (Å²) in [6, 6.07) is 0.633. The molecule has 2 rings (SSSR count). The number of hydrogen-bond donors (Lipinski definition) is 1. The topological polar surface area (TPSA) is 56.7 Å². The summed E-state index contributed by atoms with van der Waals surface area (Å²) in [6.45, 7) is 0.656. The Morgan fingerprint density at radius 3 is 3.09 bits per heavy atom. The van der Waals surface area contributed by atoms with Gasteiger partial charge in [0.05, 0.1) is 11.7 Å². The summed E-state index contributed by atoms with van der Waals surface area (Å²) >= 11 is 0. The van der Waals surface area contributed by atoms with Gasteiger partial charge < -0.3 is 5.73 Å². The van der Waals surface area contributed by atoms with Gasteiger partial charge in [0.2, 0.25) is 0 Å². The molecule has 11 heavy (non-hydrogen) atoms. The van der Waals surface area contributed by atoms with Gasteiger partial charge in [-0.3, -0.25) is 0 Å². The Labute approximate surface area is 65.4 Å². The van der Waals surface area contributed by atoms with Gasteiger partial charge in [0.25, 0.3) is 0 Å². The highest BCUT2D eigenvalue weighted by Gasteiger charge is 2.24. The summed E-state index contributed by atoms with van der Waals surface area (Å²) in [5, 5.41) is 8.01. The minimum absolute atomic E-state index is 0.633. The molecule has 1 aromatic rings. The molecule has 4 nitrogen and oxygen atoms in total. The third-order valence-electron chi connectivity index (χ3n) is 1.88. The van der Waals surface area contributed by atoms with Crippen LogP contribution in [0.5, 0.6) is 0 Å². The molecule has 0 saturated heterocycles. The van der Waals surface area contributed by atoms with E-state index in [2.05, 4.69) is 10.3 Å². The Bertz CT molecular complexity index is 238. The van der Waals surface area contributed by atoms with Crippen LogP contribution >= 0.6 is 0 Å². The molecule has 1 saturated carbocycles. The molecular formula is C7H12N4.